The highest BCUT2D eigenvalue weighted by Gasteiger charge is 2.32. The van der Waals surface area contributed by atoms with Gasteiger partial charge >= 0.3 is 0 Å². The number of nitrogens with two attached hydrogens (primary N) is 1. The summed E-state index contributed by atoms with van der Waals surface area (Å²) in [6.45, 7) is 2.98. The van der Waals surface area contributed by atoms with Crippen molar-refractivity contribution >= 4 is 23.1 Å². The van der Waals surface area contributed by atoms with E-state index in [4.69, 9.17) is 22.7 Å². The van der Waals surface area contributed by atoms with E-state index in [9.17, 15) is 4.79 Å². The van der Waals surface area contributed by atoms with Gasteiger partial charge in [-0.1, -0.05) is 37.3 Å². The number of thiocarbonyl (C=S) groups is 1. The Morgan fingerprint density at radius 2 is 2.26 bits per heavy atom. The molecule has 102 valence electrons. The zero-order valence-corrected chi connectivity index (χ0v) is 11.8. The summed E-state index contributed by atoms with van der Waals surface area (Å²) in [5.41, 5.74) is 6.62. The molecule has 0 fully saturated rings. The van der Waals surface area contributed by atoms with Crippen LogP contribution in [0.4, 0.5) is 0 Å². The van der Waals surface area contributed by atoms with E-state index in [2.05, 4.69) is 0 Å². The van der Waals surface area contributed by atoms with Crippen LogP contribution in [0.1, 0.15) is 18.9 Å². The Bertz CT molecular complexity index is 465. The van der Waals surface area contributed by atoms with Crippen molar-refractivity contribution in [2.45, 2.75) is 25.9 Å². The van der Waals surface area contributed by atoms with Gasteiger partial charge in [-0.15, -0.1) is 0 Å². The molecule has 0 radical (unpaired) electrons. The van der Waals surface area contributed by atoms with Crippen molar-refractivity contribution in [3.05, 3.63) is 29.8 Å². The number of benzene rings is 1. The van der Waals surface area contributed by atoms with E-state index in [1.54, 1.807) is 4.90 Å². The number of carbonyl (C=O) groups excluding carboxylic acids is 1. The molecule has 2 N–H and O–H groups in total. The standard InChI is InChI=1S/C14H18N2O2S/c1-2-7-16(9-13(15)19)14(17)12-8-10-5-3-4-6-11(10)18-12/h3-6,12H,2,7-9H2,1H3,(H2,15,19). The van der Waals surface area contributed by atoms with Gasteiger partial charge in [0.05, 0.1) is 11.5 Å². The van der Waals surface area contributed by atoms with Gasteiger partial charge in [0.25, 0.3) is 5.91 Å². The van der Waals surface area contributed by atoms with E-state index in [1.807, 2.05) is 31.2 Å². The topological polar surface area (TPSA) is 55.6 Å². The highest BCUT2D eigenvalue weighted by atomic mass is 32.1. The second kappa shape index (κ2) is 6.02. The molecule has 1 atom stereocenters. The highest BCUT2D eigenvalue weighted by Crippen LogP contribution is 2.28. The lowest BCUT2D eigenvalue weighted by molar-refractivity contribution is -0.137. The Balaban J connectivity index is 2.06. The largest absolute Gasteiger partial charge is 0.480 e. The Hall–Kier alpha value is -1.62. The van der Waals surface area contributed by atoms with Gasteiger partial charge in [0.1, 0.15) is 5.75 Å². The number of carbonyl (C=O) groups is 1. The summed E-state index contributed by atoms with van der Waals surface area (Å²) in [5, 5.41) is 0. The number of fused-ring (bicyclic) bond motifs is 1. The van der Waals surface area contributed by atoms with Gasteiger partial charge in [0.2, 0.25) is 0 Å². The maximum absolute atomic E-state index is 12.4. The molecule has 5 heteroatoms. The van der Waals surface area contributed by atoms with Gasteiger partial charge in [-0.25, -0.2) is 0 Å². The molecule has 19 heavy (non-hydrogen) atoms. The summed E-state index contributed by atoms with van der Waals surface area (Å²) in [5.74, 6) is 0.762. The fourth-order valence-electron chi connectivity index (χ4n) is 2.25. The number of rotatable bonds is 5. The van der Waals surface area contributed by atoms with Crippen LogP contribution in [-0.2, 0) is 11.2 Å². The first-order valence-electron chi connectivity index (χ1n) is 6.43. The van der Waals surface area contributed by atoms with Crippen LogP contribution in [0.25, 0.3) is 0 Å². The van der Waals surface area contributed by atoms with E-state index in [0.29, 0.717) is 24.5 Å². The summed E-state index contributed by atoms with van der Waals surface area (Å²) in [6.07, 6.45) is 1.04. The van der Waals surface area contributed by atoms with Gasteiger partial charge in [-0.3, -0.25) is 4.79 Å². The fourth-order valence-corrected chi connectivity index (χ4v) is 2.40. The molecule has 1 aliphatic rings. The Morgan fingerprint density at radius 3 is 2.89 bits per heavy atom. The quantitative estimate of drug-likeness (QED) is 0.830. The molecule has 0 saturated heterocycles. The SMILES string of the molecule is CCCN(CC(N)=S)C(=O)C1Cc2ccccc2O1. The molecule has 1 unspecified atom stereocenters. The van der Waals surface area contributed by atoms with Crippen LogP contribution in [0.15, 0.2) is 24.3 Å². The molecular formula is C14H18N2O2S. The van der Waals surface area contributed by atoms with E-state index < -0.39 is 6.10 Å². The number of nitrogens with zero attached hydrogens (tertiary/aromatic N) is 1. The van der Waals surface area contributed by atoms with Gasteiger partial charge in [-0.2, -0.15) is 0 Å². The van der Waals surface area contributed by atoms with Gasteiger partial charge < -0.3 is 15.4 Å². The summed E-state index contributed by atoms with van der Waals surface area (Å²) in [7, 11) is 0. The van der Waals surface area contributed by atoms with Crippen LogP contribution in [-0.4, -0.2) is 35.0 Å². The van der Waals surface area contributed by atoms with Crippen molar-refractivity contribution in [3.63, 3.8) is 0 Å². The average Bonchev–Trinajstić information content (AvgIpc) is 2.80. The van der Waals surface area contributed by atoms with Crippen molar-refractivity contribution in [2.75, 3.05) is 13.1 Å². The molecule has 1 aliphatic heterocycles. The van der Waals surface area contributed by atoms with Crippen LogP contribution in [0.5, 0.6) is 5.75 Å². The number of hydrogen-bond donors (Lipinski definition) is 1. The van der Waals surface area contributed by atoms with Gasteiger partial charge in [0, 0.05) is 13.0 Å². The third kappa shape index (κ3) is 3.23. The first kappa shape index (κ1) is 13.8. The number of ether oxygens (including phenoxy) is 1. The zero-order valence-electron chi connectivity index (χ0n) is 11.0. The predicted molar refractivity (Wildman–Crippen MR) is 78.2 cm³/mol. The van der Waals surface area contributed by atoms with E-state index in [1.165, 1.54) is 0 Å². The van der Waals surface area contributed by atoms with Gasteiger partial charge in [0.15, 0.2) is 6.10 Å². The number of amides is 1. The average molecular weight is 278 g/mol. The minimum Gasteiger partial charge on any atom is -0.480 e. The van der Waals surface area contributed by atoms with Gasteiger partial charge in [-0.05, 0) is 18.1 Å². The van der Waals surface area contributed by atoms with E-state index in [0.717, 1.165) is 17.7 Å². The molecule has 0 spiro atoms. The van der Waals surface area contributed by atoms with E-state index >= 15 is 0 Å². The van der Waals surface area contributed by atoms with Crippen molar-refractivity contribution in [2.24, 2.45) is 5.73 Å². The summed E-state index contributed by atoms with van der Waals surface area (Å²) < 4.78 is 5.70. The maximum Gasteiger partial charge on any atom is 0.264 e. The van der Waals surface area contributed by atoms with Crippen molar-refractivity contribution < 1.29 is 9.53 Å². The van der Waals surface area contributed by atoms with Crippen LogP contribution < -0.4 is 10.5 Å². The number of para-hydroxylation sites is 1. The molecule has 1 aromatic carbocycles. The summed E-state index contributed by atoms with van der Waals surface area (Å²) in [4.78, 5) is 14.4. The van der Waals surface area contributed by atoms with Crippen LogP contribution in [0.2, 0.25) is 0 Å². The zero-order chi connectivity index (χ0) is 13.8. The summed E-state index contributed by atoms with van der Waals surface area (Å²) >= 11 is 4.89. The molecule has 0 aliphatic carbocycles. The minimum absolute atomic E-state index is 0.0363. The first-order chi connectivity index (χ1) is 9.11. The van der Waals surface area contributed by atoms with Crippen LogP contribution >= 0.6 is 12.2 Å². The molecule has 1 amide bonds. The normalized spacial score (nSPS) is 16.6. The van der Waals surface area contributed by atoms with E-state index in [-0.39, 0.29) is 5.91 Å². The molecule has 0 bridgehead atoms. The fraction of sp³-hybridized carbons (Fsp3) is 0.429. The van der Waals surface area contributed by atoms with Crippen LogP contribution in [0, 0.1) is 0 Å². The van der Waals surface area contributed by atoms with Crippen molar-refractivity contribution in [1.29, 1.82) is 0 Å². The molecule has 0 aromatic heterocycles. The maximum atomic E-state index is 12.4. The lowest BCUT2D eigenvalue weighted by Crippen LogP contribution is -2.45. The van der Waals surface area contributed by atoms with Crippen molar-refractivity contribution in [3.8, 4) is 5.75 Å². The third-order valence-electron chi connectivity index (χ3n) is 3.07. The lowest BCUT2D eigenvalue weighted by Gasteiger charge is -2.24. The van der Waals surface area contributed by atoms with Crippen LogP contribution in [0.3, 0.4) is 0 Å². The Morgan fingerprint density at radius 1 is 1.53 bits per heavy atom. The molecule has 2 rings (SSSR count). The second-order valence-corrected chi connectivity index (χ2v) is 5.17. The Kier molecular flexibility index (Phi) is 4.37. The predicted octanol–water partition coefficient (Wildman–Crippen LogP) is 1.51. The minimum atomic E-state index is -0.446. The Labute approximate surface area is 118 Å². The summed E-state index contributed by atoms with van der Waals surface area (Å²) in [6, 6.07) is 7.74. The monoisotopic (exact) mass is 278 g/mol. The van der Waals surface area contributed by atoms with Crippen molar-refractivity contribution in [1.82, 2.24) is 4.90 Å². The first-order valence-corrected chi connectivity index (χ1v) is 6.84. The lowest BCUT2D eigenvalue weighted by atomic mass is 10.1. The smallest absolute Gasteiger partial charge is 0.264 e. The molecule has 4 nitrogen and oxygen atoms in total. The molecule has 1 heterocycles. The second-order valence-electron chi connectivity index (χ2n) is 4.64. The molecule has 0 saturated carbocycles. The third-order valence-corrected chi connectivity index (χ3v) is 3.20. The number of hydrogen-bond acceptors (Lipinski definition) is 3. The molecule has 1 aromatic rings. The molecular weight excluding hydrogens is 260 g/mol. The highest BCUT2D eigenvalue weighted by molar-refractivity contribution is 7.80.